The molecule has 2 aliphatic rings. The van der Waals surface area contributed by atoms with E-state index in [1.165, 1.54) is 43.6 Å². The van der Waals surface area contributed by atoms with Gasteiger partial charge in [0.2, 0.25) is 0 Å². The molecule has 0 saturated carbocycles. The smallest absolute Gasteiger partial charge is 0.115 e. The number of benzene rings is 1. The third kappa shape index (κ3) is 2.93. The maximum atomic E-state index is 9.51. The van der Waals surface area contributed by atoms with Crippen LogP contribution in [0.4, 0.5) is 0 Å². The summed E-state index contributed by atoms with van der Waals surface area (Å²) in [5, 5.41) is 9.51. The van der Waals surface area contributed by atoms with Crippen molar-refractivity contribution in [2.75, 3.05) is 26.2 Å². The number of rotatable bonds is 3. The van der Waals surface area contributed by atoms with E-state index in [1.807, 2.05) is 12.1 Å². The molecule has 3 heteroatoms. The van der Waals surface area contributed by atoms with Gasteiger partial charge in [-0.25, -0.2) is 0 Å². The van der Waals surface area contributed by atoms with Gasteiger partial charge in [-0.05, 0) is 56.0 Å². The summed E-state index contributed by atoms with van der Waals surface area (Å²) < 4.78 is 0. The average molecular weight is 260 g/mol. The number of hydrogen-bond donors (Lipinski definition) is 1. The number of hydrogen-bond acceptors (Lipinski definition) is 3. The number of aromatic hydroxyl groups is 1. The molecular formula is C16H24N2O. The summed E-state index contributed by atoms with van der Waals surface area (Å²) in [6.45, 7) is 8.16. The SMILES string of the molecule is C[C@@H]1CCCN1CCN1CCc2cc(O)ccc2C1. The van der Waals surface area contributed by atoms with Crippen molar-refractivity contribution in [1.82, 2.24) is 9.80 Å². The number of phenolic OH excluding ortho intramolecular Hbond substituents is 1. The molecule has 0 aliphatic carbocycles. The van der Waals surface area contributed by atoms with Gasteiger partial charge in [0.1, 0.15) is 5.75 Å². The number of fused-ring (bicyclic) bond motifs is 1. The van der Waals surface area contributed by atoms with Gasteiger partial charge in [0, 0.05) is 32.2 Å². The highest BCUT2D eigenvalue weighted by molar-refractivity contribution is 5.36. The molecule has 1 saturated heterocycles. The Morgan fingerprint density at radius 1 is 1.21 bits per heavy atom. The van der Waals surface area contributed by atoms with Gasteiger partial charge < -0.3 is 5.11 Å². The zero-order chi connectivity index (χ0) is 13.2. The van der Waals surface area contributed by atoms with Gasteiger partial charge in [-0.1, -0.05) is 6.07 Å². The molecule has 104 valence electrons. The van der Waals surface area contributed by atoms with E-state index in [0.29, 0.717) is 5.75 Å². The van der Waals surface area contributed by atoms with E-state index in [-0.39, 0.29) is 0 Å². The van der Waals surface area contributed by atoms with Crippen molar-refractivity contribution >= 4 is 0 Å². The van der Waals surface area contributed by atoms with E-state index in [1.54, 1.807) is 0 Å². The third-order valence-corrected chi connectivity index (χ3v) is 4.68. The fraction of sp³-hybridized carbons (Fsp3) is 0.625. The van der Waals surface area contributed by atoms with E-state index in [0.717, 1.165) is 25.6 Å². The van der Waals surface area contributed by atoms with Crippen LogP contribution < -0.4 is 0 Å². The molecule has 0 unspecified atom stereocenters. The number of likely N-dealkylation sites (tertiary alicyclic amines) is 1. The Kier molecular flexibility index (Phi) is 3.76. The Hall–Kier alpha value is -1.06. The lowest BCUT2D eigenvalue weighted by Gasteiger charge is -2.31. The summed E-state index contributed by atoms with van der Waals surface area (Å²) in [6.07, 6.45) is 3.80. The highest BCUT2D eigenvalue weighted by Gasteiger charge is 2.22. The third-order valence-electron chi connectivity index (χ3n) is 4.68. The first-order chi connectivity index (χ1) is 9.22. The van der Waals surface area contributed by atoms with Crippen molar-refractivity contribution in [3.63, 3.8) is 0 Å². The molecule has 1 atom stereocenters. The predicted molar refractivity (Wildman–Crippen MR) is 77.4 cm³/mol. The zero-order valence-electron chi connectivity index (χ0n) is 11.8. The lowest BCUT2D eigenvalue weighted by atomic mass is 9.99. The van der Waals surface area contributed by atoms with Crippen LogP contribution in [0.1, 0.15) is 30.9 Å². The minimum absolute atomic E-state index is 0.401. The second kappa shape index (κ2) is 5.51. The first-order valence-corrected chi connectivity index (χ1v) is 7.49. The first-order valence-electron chi connectivity index (χ1n) is 7.49. The molecule has 0 aromatic heterocycles. The van der Waals surface area contributed by atoms with Crippen LogP contribution in [0, 0.1) is 0 Å². The van der Waals surface area contributed by atoms with Crippen molar-refractivity contribution in [1.29, 1.82) is 0 Å². The minimum Gasteiger partial charge on any atom is -0.508 e. The molecule has 2 aliphatic heterocycles. The summed E-state index contributed by atoms with van der Waals surface area (Å²) in [5.74, 6) is 0.401. The first kappa shape index (κ1) is 12.9. The molecule has 3 rings (SSSR count). The number of nitrogens with zero attached hydrogens (tertiary/aromatic N) is 2. The van der Waals surface area contributed by atoms with Crippen LogP contribution in [0.15, 0.2) is 18.2 Å². The van der Waals surface area contributed by atoms with Gasteiger partial charge >= 0.3 is 0 Å². The van der Waals surface area contributed by atoms with Crippen molar-refractivity contribution in [3.8, 4) is 5.75 Å². The van der Waals surface area contributed by atoms with Crippen LogP contribution in [0.25, 0.3) is 0 Å². The quantitative estimate of drug-likeness (QED) is 0.903. The fourth-order valence-corrected chi connectivity index (χ4v) is 3.38. The lowest BCUT2D eigenvalue weighted by molar-refractivity contribution is 0.189. The van der Waals surface area contributed by atoms with Crippen molar-refractivity contribution in [3.05, 3.63) is 29.3 Å². The monoisotopic (exact) mass is 260 g/mol. The van der Waals surface area contributed by atoms with Crippen LogP contribution in [-0.2, 0) is 13.0 Å². The van der Waals surface area contributed by atoms with Crippen LogP contribution in [0.3, 0.4) is 0 Å². The summed E-state index contributed by atoms with van der Waals surface area (Å²) in [6, 6.07) is 6.59. The fourth-order valence-electron chi connectivity index (χ4n) is 3.38. The standard InChI is InChI=1S/C16H24N2O/c1-13-3-2-7-18(13)10-9-17-8-6-14-11-16(19)5-4-15(14)12-17/h4-5,11,13,19H,2-3,6-10,12H2,1H3/t13-/m1/s1. The summed E-state index contributed by atoms with van der Waals surface area (Å²) in [4.78, 5) is 5.16. The summed E-state index contributed by atoms with van der Waals surface area (Å²) in [7, 11) is 0. The maximum Gasteiger partial charge on any atom is 0.115 e. The van der Waals surface area contributed by atoms with Crippen molar-refractivity contribution in [2.45, 2.75) is 38.8 Å². The van der Waals surface area contributed by atoms with E-state index in [4.69, 9.17) is 0 Å². The average Bonchev–Trinajstić information content (AvgIpc) is 2.82. The van der Waals surface area contributed by atoms with E-state index < -0.39 is 0 Å². The molecule has 1 N–H and O–H groups in total. The second-order valence-corrected chi connectivity index (χ2v) is 6.01. The van der Waals surface area contributed by atoms with Crippen LogP contribution >= 0.6 is 0 Å². The molecule has 0 radical (unpaired) electrons. The summed E-state index contributed by atoms with van der Waals surface area (Å²) in [5.41, 5.74) is 2.71. The van der Waals surface area contributed by atoms with Crippen molar-refractivity contribution in [2.24, 2.45) is 0 Å². The Morgan fingerprint density at radius 2 is 2.11 bits per heavy atom. The van der Waals surface area contributed by atoms with Crippen LogP contribution in [-0.4, -0.2) is 47.1 Å². The Labute approximate surface area is 115 Å². The van der Waals surface area contributed by atoms with E-state index in [9.17, 15) is 5.11 Å². The maximum absolute atomic E-state index is 9.51. The molecule has 1 aromatic carbocycles. The Morgan fingerprint density at radius 3 is 2.89 bits per heavy atom. The molecule has 0 spiro atoms. The lowest BCUT2D eigenvalue weighted by Crippen LogP contribution is -2.39. The van der Waals surface area contributed by atoms with Gasteiger partial charge in [-0.15, -0.1) is 0 Å². The predicted octanol–water partition coefficient (Wildman–Crippen LogP) is 2.23. The van der Waals surface area contributed by atoms with E-state index >= 15 is 0 Å². The van der Waals surface area contributed by atoms with Crippen LogP contribution in [0.5, 0.6) is 5.75 Å². The van der Waals surface area contributed by atoms with Gasteiger partial charge in [0.15, 0.2) is 0 Å². The molecule has 19 heavy (non-hydrogen) atoms. The molecule has 1 fully saturated rings. The normalized spacial score (nSPS) is 24.6. The molecule has 0 bridgehead atoms. The van der Waals surface area contributed by atoms with Crippen molar-refractivity contribution < 1.29 is 5.11 Å². The van der Waals surface area contributed by atoms with Gasteiger partial charge in [0.25, 0.3) is 0 Å². The highest BCUT2D eigenvalue weighted by atomic mass is 16.3. The molecule has 2 heterocycles. The molecule has 3 nitrogen and oxygen atoms in total. The summed E-state index contributed by atoms with van der Waals surface area (Å²) >= 11 is 0. The molecule has 1 aromatic rings. The highest BCUT2D eigenvalue weighted by Crippen LogP contribution is 2.23. The van der Waals surface area contributed by atoms with E-state index in [2.05, 4.69) is 22.8 Å². The van der Waals surface area contributed by atoms with Crippen LogP contribution in [0.2, 0.25) is 0 Å². The topological polar surface area (TPSA) is 26.7 Å². The molecule has 0 amide bonds. The second-order valence-electron chi connectivity index (χ2n) is 6.01. The Balaban J connectivity index is 1.55. The largest absolute Gasteiger partial charge is 0.508 e. The van der Waals surface area contributed by atoms with Gasteiger partial charge in [-0.3, -0.25) is 9.80 Å². The Bertz CT molecular complexity index is 446. The number of phenols is 1. The minimum atomic E-state index is 0.401. The van der Waals surface area contributed by atoms with Gasteiger partial charge in [-0.2, -0.15) is 0 Å². The van der Waals surface area contributed by atoms with Gasteiger partial charge in [0.05, 0.1) is 0 Å². The molecular weight excluding hydrogens is 236 g/mol. The zero-order valence-corrected chi connectivity index (χ0v) is 11.8.